The number of aromatic amines is 1. The normalized spacial score (nSPS) is 20.9. The maximum atomic E-state index is 13.9. The fraction of sp³-hybridized carbons (Fsp3) is 0.395. The van der Waals surface area contributed by atoms with Crippen LogP contribution in [0.15, 0.2) is 85.1 Å². The third-order valence-corrected chi connectivity index (χ3v) is 11.4. The molecule has 6 atom stereocenters. The molecule has 3 aromatic carbocycles. The van der Waals surface area contributed by atoms with Gasteiger partial charge in [0.1, 0.15) is 23.9 Å². The second-order valence-corrected chi connectivity index (χ2v) is 15.3. The smallest absolute Gasteiger partial charge is 0.407 e. The topological polar surface area (TPSA) is 175 Å². The fourth-order valence-electron chi connectivity index (χ4n) is 8.54. The first-order valence-electron chi connectivity index (χ1n) is 19.5. The van der Waals surface area contributed by atoms with Gasteiger partial charge in [-0.1, -0.05) is 80.6 Å². The number of likely N-dealkylation sites (tertiary alicyclic amines) is 2. The van der Waals surface area contributed by atoms with Crippen LogP contribution in [0, 0.1) is 11.8 Å². The van der Waals surface area contributed by atoms with E-state index in [1.807, 2.05) is 79.5 Å². The fourth-order valence-corrected chi connectivity index (χ4v) is 8.54. The van der Waals surface area contributed by atoms with Crippen molar-refractivity contribution >= 4 is 35.6 Å². The molecule has 1 aromatic heterocycles. The molecular weight excluding hydrogens is 727 g/mol. The number of piperidine rings is 1. The lowest BCUT2D eigenvalue weighted by Crippen LogP contribution is -2.54. The van der Waals surface area contributed by atoms with Gasteiger partial charge in [0, 0.05) is 30.0 Å². The Labute approximate surface area is 331 Å². The molecular formula is C43H49N7O7. The Bertz CT molecular complexity index is 2090. The minimum Gasteiger partial charge on any atom is -0.453 e. The van der Waals surface area contributed by atoms with Gasteiger partial charge in [-0.15, -0.1) is 0 Å². The number of ether oxygens (including phenoxy) is 2. The standard InChI is InChI=1S/C43H49N7O7/c1-25(2)35(47-42(54)56-3)41(53)50-32-21-18-30(23-32)37(50)38-44-24-33(46-38)28-14-12-26(13-15-28)27-16-19-31(20-17-27)45-39(51)34-11-8-22-49(34)40(52)36(48-43(55)57-4)29-9-6-5-7-10-29/h5-7,9-10,12-17,19-20,24-25,30,32,34-37H,8,11,18,21-23H2,1-4H3,(H,44,46)(H,45,51)(H,47,54)(H,48,55)/t30-,32+,34-,35-,36+,37-/m0/s1. The van der Waals surface area contributed by atoms with Crippen LogP contribution in [0.5, 0.6) is 0 Å². The molecule has 2 bridgehead atoms. The maximum Gasteiger partial charge on any atom is 0.407 e. The molecule has 7 rings (SSSR count). The van der Waals surface area contributed by atoms with Crippen molar-refractivity contribution in [3.05, 3.63) is 96.4 Å². The summed E-state index contributed by atoms with van der Waals surface area (Å²) in [4.78, 5) is 77.2. The number of hydrogen-bond donors (Lipinski definition) is 4. The van der Waals surface area contributed by atoms with E-state index in [2.05, 4.69) is 20.9 Å². The highest BCUT2D eigenvalue weighted by Crippen LogP contribution is 2.50. The lowest BCUT2D eigenvalue weighted by Gasteiger charge is -2.37. The van der Waals surface area contributed by atoms with Crippen LogP contribution >= 0.6 is 0 Å². The predicted octanol–water partition coefficient (Wildman–Crippen LogP) is 6.20. The molecule has 0 unspecified atom stereocenters. The molecule has 1 saturated carbocycles. The van der Waals surface area contributed by atoms with Crippen LogP contribution in [-0.4, -0.2) is 88.6 Å². The van der Waals surface area contributed by atoms with E-state index in [4.69, 9.17) is 14.5 Å². The molecule has 0 radical (unpaired) electrons. The zero-order chi connectivity index (χ0) is 40.2. The van der Waals surface area contributed by atoms with E-state index in [1.165, 1.54) is 19.1 Å². The third kappa shape index (κ3) is 8.21. The molecule has 14 heteroatoms. The lowest BCUT2D eigenvalue weighted by atomic mass is 9.95. The van der Waals surface area contributed by atoms with Gasteiger partial charge in [0.05, 0.1) is 26.0 Å². The minimum atomic E-state index is -0.989. The third-order valence-electron chi connectivity index (χ3n) is 11.4. The Kier molecular flexibility index (Phi) is 11.6. The van der Waals surface area contributed by atoms with E-state index in [9.17, 15) is 24.0 Å². The van der Waals surface area contributed by atoms with Crippen LogP contribution < -0.4 is 16.0 Å². The summed E-state index contributed by atoms with van der Waals surface area (Å²) in [7, 11) is 2.53. The van der Waals surface area contributed by atoms with Crippen LogP contribution in [0.2, 0.25) is 0 Å². The molecule has 5 amide bonds. The van der Waals surface area contributed by atoms with Crippen LogP contribution in [0.25, 0.3) is 22.4 Å². The summed E-state index contributed by atoms with van der Waals surface area (Å²) >= 11 is 0. The molecule has 4 N–H and O–H groups in total. The summed E-state index contributed by atoms with van der Waals surface area (Å²) in [6.07, 6.45) is 4.55. The number of carbonyl (C=O) groups excluding carboxylic acids is 5. The lowest BCUT2D eigenvalue weighted by molar-refractivity contribution is -0.139. The van der Waals surface area contributed by atoms with Crippen molar-refractivity contribution in [2.24, 2.45) is 11.8 Å². The first kappa shape index (κ1) is 39.1. The van der Waals surface area contributed by atoms with Crippen molar-refractivity contribution in [2.45, 2.75) is 76.2 Å². The van der Waals surface area contributed by atoms with Gasteiger partial charge in [-0.05, 0) is 72.8 Å². The highest BCUT2D eigenvalue weighted by atomic mass is 16.5. The first-order valence-corrected chi connectivity index (χ1v) is 19.5. The Morgan fingerprint density at radius 3 is 2.11 bits per heavy atom. The Morgan fingerprint density at radius 1 is 0.789 bits per heavy atom. The van der Waals surface area contributed by atoms with Crippen molar-refractivity contribution in [3.63, 3.8) is 0 Å². The van der Waals surface area contributed by atoms with Crippen molar-refractivity contribution in [2.75, 3.05) is 26.1 Å². The summed E-state index contributed by atoms with van der Waals surface area (Å²) in [6, 6.07) is 22.0. The number of fused-ring (bicyclic) bond motifs is 2. The SMILES string of the molecule is COC(=O)N[C@H](C(=O)N1[C@@H]2CC[C@@H](C2)[C@H]1c1nc(-c2ccc(-c3ccc(NC(=O)[C@@H]4CCCN4C(=O)[C@H](NC(=O)OC)c4ccccc4)cc3)cc2)c[nH]1)C(C)C. The van der Waals surface area contributed by atoms with Gasteiger partial charge in [-0.2, -0.15) is 0 Å². The number of nitrogens with one attached hydrogen (secondary N) is 4. The van der Waals surface area contributed by atoms with E-state index >= 15 is 0 Å². The van der Waals surface area contributed by atoms with Gasteiger partial charge >= 0.3 is 12.2 Å². The number of methoxy groups -OCH3 is 2. The first-order chi connectivity index (χ1) is 27.6. The van der Waals surface area contributed by atoms with Gasteiger partial charge in [0.25, 0.3) is 5.91 Å². The molecule has 14 nitrogen and oxygen atoms in total. The van der Waals surface area contributed by atoms with Gasteiger partial charge in [-0.25, -0.2) is 14.6 Å². The monoisotopic (exact) mass is 775 g/mol. The van der Waals surface area contributed by atoms with Gasteiger partial charge in [0.15, 0.2) is 0 Å². The molecule has 3 heterocycles. The van der Waals surface area contributed by atoms with E-state index in [0.717, 1.165) is 47.5 Å². The van der Waals surface area contributed by atoms with Crippen LogP contribution in [0.4, 0.5) is 15.3 Å². The maximum absolute atomic E-state index is 13.9. The van der Waals surface area contributed by atoms with E-state index in [0.29, 0.717) is 36.6 Å². The van der Waals surface area contributed by atoms with Gasteiger partial charge in [0.2, 0.25) is 11.8 Å². The molecule has 3 aliphatic rings. The number of H-pyrrole nitrogens is 1. The molecule has 298 valence electrons. The molecule has 1 aliphatic carbocycles. The summed E-state index contributed by atoms with van der Waals surface area (Å²) in [6.45, 7) is 4.22. The highest BCUT2D eigenvalue weighted by molar-refractivity contribution is 5.99. The van der Waals surface area contributed by atoms with Crippen LogP contribution in [0.3, 0.4) is 0 Å². The highest BCUT2D eigenvalue weighted by Gasteiger charge is 2.51. The van der Waals surface area contributed by atoms with Crippen LogP contribution in [-0.2, 0) is 23.9 Å². The summed E-state index contributed by atoms with van der Waals surface area (Å²) in [5.41, 5.74) is 4.83. The predicted molar refractivity (Wildman–Crippen MR) is 212 cm³/mol. The average molecular weight is 776 g/mol. The van der Waals surface area contributed by atoms with Crippen molar-refractivity contribution in [1.29, 1.82) is 0 Å². The number of imidazole rings is 1. The van der Waals surface area contributed by atoms with Crippen molar-refractivity contribution in [3.8, 4) is 22.4 Å². The zero-order valence-electron chi connectivity index (χ0n) is 32.6. The molecule has 57 heavy (non-hydrogen) atoms. The number of benzene rings is 3. The van der Waals surface area contributed by atoms with Gasteiger partial charge in [-0.3, -0.25) is 14.4 Å². The van der Waals surface area contributed by atoms with Crippen molar-refractivity contribution < 1.29 is 33.4 Å². The molecule has 0 spiro atoms. The Hall–Kier alpha value is -6.18. The molecule has 3 fully saturated rings. The van der Waals surface area contributed by atoms with Crippen molar-refractivity contribution in [1.82, 2.24) is 30.4 Å². The molecule has 2 saturated heterocycles. The van der Waals surface area contributed by atoms with Gasteiger partial charge < -0.3 is 40.2 Å². The summed E-state index contributed by atoms with van der Waals surface area (Å²) in [5, 5.41) is 8.33. The Balaban J connectivity index is 0.998. The number of carbonyl (C=O) groups is 5. The molecule has 2 aliphatic heterocycles. The number of aromatic nitrogens is 2. The number of nitrogens with zero attached hydrogens (tertiary/aromatic N) is 3. The number of hydrogen-bond acceptors (Lipinski definition) is 8. The Morgan fingerprint density at radius 2 is 1.44 bits per heavy atom. The number of rotatable bonds is 11. The van der Waals surface area contributed by atoms with E-state index < -0.39 is 30.3 Å². The quantitative estimate of drug-likeness (QED) is 0.139. The minimum absolute atomic E-state index is 0.108. The van der Waals surface area contributed by atoms with E-state index in [1.54, 1.807) is 24.3 Å². The number of alkyl carbamates (subject to hydrolysis) is 2. The van der Waals surface area contributed by atoms with E-state index in [-0.39, 0.29) is 35.7 Å². The largest absolute Gasteiger partial charge is 0.453 e. The molecule has 4 aromatic rings. The summed E-state index contributed by atoms with van der Waals surface area (Å²) < 4.78 is 9.57. The second kappa shape index (κ2) is 16.9. The zero-order valence-corrected chi connectivity index (χ0v) is 32.6. The second-order valence-electron chi connectivity index (χ2n) is 15.3. The number of anilines is 1. The average Bonchev–Trinajstić information content (AvgIpc) is 4.07. The van der Waals surface area contributed by atoms with Crippen LogP contribution in [0.1, 0.15) is 69.4 Å². The number of amides is 5. The summed E-state index contributed by atoms with van der Waals surface area (Å²) in [5.74, 6) is 0.138.